The molecule has 0 fully saturated rings. The van der Waals surface area contributed by atoms with E-state index in [1.165, 1.54) is 7.11 Å². The monoisotopic (exact) mass is 418 g/mol. The molecule has 7 heteroatoms. The number of methoxy groups -OCH3 is 1. The minimum absolute atomic E-state index is 0.230. The van der Waals surface area contributed by atoms with Gasteiger partial charge in [-0.1, -0.05) is 30.3 Å². The summed E-state index contributed by atoms with van der Waals surface area (Å²) in [6, 6.07) is 19.9. The summed E-state index contributed by atoms with van der Waals surface area (Å²) in [5, 5.41) is 5.59. The highest BCUT2D eigenvalue weighted by atomic mass is 16.5. The van der Waals surface area contributed by atoms with E-state index in [1.54, 1.807) is 43.3 Å². The van der Waals surface area contributed by atoms with Crippen molar-refractivity contribution in [1.82, 2.24) is 0 Å². The summed E-state index contributed by atoms with van der Waals surface area (Å²) in [5.41, 5.74) is 2.49. The molecule has 0 bridgehead atoms. The number of anilines is 2. The number of nitrogens with one attached hydrogen (secondary N) is 2. The van der Waals surface area contributed by atoms with E-state index in [-0.39, 0.29) is 11.8 Å². The van der Waals surface area contributed by atoms with E-state index in [9.17, 15) is 9.59 Å². The van der Waals surface area contributed by atoms with Gasteiger partial charge in [0.1, 0.15) is 12.4 Å². The zero-order valence-electron chi connectivity index (χ0n) is 17.2. The summed E-state index contributed by atoms with van der Waals surface area (Å²) < 4.78 is 16.8. The Kier molecular flexibility index (Phi) is 5.75. The molecule has 4 rings (SSSR count). The third-order valence-corrected chi connectivity index (χ3v) is 4.83. The van der Waals surface area contributed by atoms with Crippen molar-refractivity contribution in [2.45, 2.75) is 19.6 Å². The van der Waals surface area contributed by atoms with Crippen molar-refractivity contribution in [1.29, 1.82) is 0 Å². The van der Waals surface area contributed by atoms with Gasteiger partial charge in [0.15, 0.2) is 17.6 Å². The van der Waals surface area contributed by atoms with Crippen LogP contribution in [0.2, 0.25) is 0 Å². The number of amides is 2. The molecule has 0 radical (unpaired) electrons. The third-order valence-electron chi connectivity index (χ3n) is 4.83. The maximum Gasteiger partial charge on any atom is 0.265 e. The molecule has 0 aromatic heterocycles. The van der Waals surface area contributed by atoms with Crippen LogP contribution >= 0.6 is 0 Å². The fourth-order valence-electron chi connectivity index (χ4n) is 3.15. The van der Waals surface area contributed by atoms with Crippen molar-refractivity contribution >= 4 is 23.2 Å². The molecule has 1 heterocycles. The maximum atomic E-state index is 12.7. The van der Waals surface area contributed by atoms with Crippen LogP contribution in [-0.4, -0.2) is 25.0 Å². The number of rotatable bonds is 6. The lowest BCUT2D eigenvalue weighted by molar-refractivity contribution is -0.122. The molecule has 0 unspecified atom stereocenters. The van der Waals surface area contributed by atoms with E-state index in [0.717, 1.165) is 5.56 Å². The maximum absolute atomic E-state index is 12.7. The van der Waals surface area contributed by atoms with Crippen molar-refractivity contribution in [3.63, 3.8) is 0 Å². The smallest absolute Gasteiger partial charge is 0.265 e. The SMILES string of the molecule is COc1cc(C(=O)Nc2ccc3c(c2)NC(=O)[C@@H](C)O3)ccc1OCc1ccccc1. The first-order valence-electron chi connectivity index (χ1n) is 9.81. The molecule has 0 spiro atoms. The second-order valence-corrected chi connectivity index (χ2v) is 7.05. The normalized spacial score (nSPS) is 14.6. The first kappa shape index (κ1) is 20.3. The van der Waals surface area contributed by atoms with Crippen molar-refractivity contribution in [2.75, 3.05) is 17.7 Å². The molecule has 0 saturated heterocycles. The summed E-state index contributed by atoms with van der Waals surface area (Å²) in [5.74, 6) is 1.03. The number of hydrogen-bond donors (Lipinski definition) is 2. The lowest BCUT2D eigenvalue weighted by Crippen LogP contribution is -2.34. The van der Waals surface area contributed by atoms with Crippen LogP contribution in [0.4, 0.5) is 11.4 Å². The van der Waals surface area contributed by atoms with E-state index in [4.69, 9.17) is 14.2 Å². The number of carbonyl (C=O) groups is 2. The van der Waals surface area contributed by atoms with Crippen molar-refractivity contribution < 1.29 is 23.8 Å². The number of hydrogen-bond acceptors (Lipinski definition) is 5. The van der Waals surface area contributed by atoms with Gasteiger partial charge in [-0.3, -0.25) is 9.59 Å². The molecular weight excluding hydrogens is 396 g/mol. The van der Waals surface area contributed by atoms with Crippen molar-refractivity contribution in [2.24, 2.45) is 0 Å². The van der Waals surface area contributed by atoms with Crippen molar-refractivity contribution in [3.8, 4) is 17.2 Å². The molecule has 2 amide bonds. The standard InChI is InChI=1S/C24H22N2O5/c1-15-23(27)26-19-13-18(9-11-20(19)31-15)25-24(28)17-8-10-21(22(12-17)29-2)30-14-16-6-4-3-5-7-16/h3-13,15H,14H2,1-2H3,(H,25,28)(H,26,27)/t15-/m1/s1. The average Bonchev–Trinajstić information content (AvgIpc) is 2.79. The van der Waals surface area contributed by atoms with Gasteiger partial charge < -0.3 is 24.8 Å². The van der Waals surface area contributed by atoms with Gasteiger partial charge in [-0.2, -0.15) is 0 Å². The summed E-state index contributed by atoms with van der Waals surface area (Å²) in [6.07, 6.45) is -0.553. The Hall–Kier alpha value is -4.00. The Balaban J connectivity index is 1.46. The highest BCUT2D eigenvalue weighted by molar-refractivity contribution is 6.05. The van der Waals surface area contributed by atoms with Crippen molar-refractivity contribution in [3.05, 3.63) is 77.9 Å². The van der Waals surface area contributed by atoms with Crippen LogP contribution in [0.15, 0.2) is 66.7 Å². The van der Waals surface area contributed by atoms with Crippen LogP contribution in [0.25, 0.3) is 0 Å². The second-order valence-electron chi connectivity index (χ2n) is 7.05. The Bertz CT molecular complexity index is 1110. The minimum Gasteiger partial charge on any atom is -0.493 e. The number of carbonyl (C=O) groups excluding carboxylic acids is 2. The predicted octanol–water partition coefficient (Wildman–Crippen LogP) is 4.25. The summed E-state index contributed by atoms with van der Waals surface area (Å²) in [6.45, 7) is 2.07. The van der Waals surface area contributed by atoms with E-state index in [2.05, 4.69) is 10.6 Å². The van der Waals surface area contributed by atoms with Crippen LogP contribution in [0.1, 0.15) is 22.8 Å². The molecule has 2 N–H and O–H groups in total. The fraction of sp³-hybridized carbons (Fsp3) is 0.167. The van der Waals surface area contributed by atoms with Gasteiger partial charge in [-0.05, 0) is 48.9 Å². The zero-order valence-corrected chi connectivity index (χ0v) is 17.2. The molecule has 1 atom stereocenters. The van der Waals surface area contributed by atoms with E-state index >= 15 is 0 Å². The summed E-state index contributed by atoms with van der Waals surface area (Å²) >= 11 is 0. The molecule has 31 heavy (non-hydrogen) atoms. The largest absolute Gasteiger partial charge is 0.493 e. The summed E-state index contributed by atoms with van der Waals surface area (Å²) in [4.78, 5) is 24.5. The lowest BCUT2D eigenvalue weighted by Gasteiger charge is -2.23. The average molecular weight is 418 g/mol. The molecule has 1 aliphatic heterocycles. The molecule has 0 saturated carbocycles. The van der Waals surface area contributed by atoms with E-state index in [0.29, 0.717) is 40.8 Å². The molecule has 3 aromatic carbocycles. The second kappa shape index (κ2) is 8.79. The molecule has 158 valence electrons. The van der Waals surface area contributed by atoms with Gasteiger partial charge in [0.05, 0.1) is 12.8 Å². The molecule has 3 aromatic rings. The minimum atomic E-state index is -0.553. The van der Waals surface area contributed by atoms with Crippen LogP contribution in [0.3, 0.4) is 0 Å². The highest BCUT2D eigenvalue weighted by Crippen LogP contribution is 2.33. The first-order chi connectivity index (χ1) is 15.0. The van der Waals surface area contributed by atoms with Crippen LogP contribution in [-0.2, 0) is 11.4 Å². The number of benzene rings is 3. The van der Waals surface area contributed by atoms with Gasteiger partial charge in [0.25, 0.3) is 11.8 Å². The third kappa shape index (κ3) is 4.61. The predicted molar refractivity (Wildman–Crippen MR) is 117 cm³/mol. The fourth-order valence-corrected chi connectivity index (χ4v) is 3.15. The van der Waals surface area contributed by atoms with Crippen LogP contribution < -0.4 is 24.8 Å². The van der Waals surface area contributed by atoms with Gasteiger partial charge in [0, 0.05) is 11.3 Å². The van der Waals surface area contributed by atoms with E-state index in [1.807, 2.05) is 30.3 Å². The first-order valence-corrected chi connectivity index (χ1v) is 9.81. The lowest BCUT2D eigenvalue weighted by atomic mass is 10.1. The van der Waals surface area contributed by atoms with Crippen LogP contribution in [0.5, 0.6) is 17.2 Å². The van der Waals surface area contributed by atoms with Crippen LogP contribution in [0, 0.1) is 0 Å². The highest BCUT2D eigenvalue weighted by Gasteiger charge is 2.23. The quantitative estimate of drug-likeness (QED) is 0.625. The Labute approximate surface area is 179 Å². The Morgan fingerprint density at radius 3 is 2.65 bits per heavy atom. The van der Waals surface area contributed by atoms with Gasteiger partial charge in [-0.15, -0.1) is 0 Å². The number of ether oxygens (including phenoxy) is 3. The summed E-state index contributed by atoms with van der Waals surface area (Å²) in [7, 11) is 1.53. The number of fused-ring (bicyclic) bond motifs is 1. The van der Waals surface area contributed by atoms with Gasteiger partial charge in [-0.25, -0.2) is 0 Å². The molecular formula is C24H22N2O5. The molecule has 0 aliphatic carbocycles. The van der Waals surface area contributed by atoms with Gasteiger partial charge >= 0.3 is 0 Å². The molecule has 7 nitrogen and oxygen atoms in total. The zero-order chi connectivity index (χ0) is 21.8. The Morgan fingerprint density at radius 1 is 1.06 bits per heavy atom. The van der Waals surface area contributed by atoms with Gasteiger partial charge in [0.2, 0.25) is 0 Å². The van der Waals surface area contributed by atoms with E-state index < -0.39 is 6.10 Å². The topological polar surface area (TPSA) is 85.9 Å². The molecule has 1 aliphatic rings. The Morgan fingerprint density at radius 2 is 1.87 bits per heavy atom.